The first-order valence-corrected chi connectivity index (χ1v) is 8.40. The monoisotopic (exact) mass is 250 g/mol. The molecule has 1 nitrogen and oxygen atoms in total. The van der Waals surface area contributed by atoms with Crippen LogP contribution in [0.25, 0.3) is 0 Å². The molecule has 2 saturated carbocycles. The van der Waals surface area contributed by atoms with Crippen LogP contribution in [0.2, 0.25) is 0 Å². The average molecular weight is 250 g/mol. The zero-order chi connectivity index (χ0) is 12.6. The lowest BCUT2D eigenvalue weighted by molar-refractivity contribution is -0.120. The van der Waals surface area contributed by atoms with Crippen LogP contribution in [0, 0.1) is 11.8 Å². The molecule has 0 aromatic rings. The molecular formula is C17H30O. The Labute approximate surface area is 113 Å². The highest BCUT2D eigenvalue weighted by atomic mass is 16.1. The maximum atomic E-state index is 11.9. The highest BCUT2D eigenvalue weighted by Crippen LogP contribution is 2.44. The van der Waals surface area contributed by atoms with E-state index in [2.05, 4.69) is 0 Å². The van der Waals surface area contributed by atoms with Gasteiger partial charge in [0, 0.05) is 12.3 Å². The first-order valence-electron chi connectivity index (χ1n) is 8.40. The van der Waals surface area contributed by atoms with E-state index >= 15 is 0 Å². The Morgan fingerprint density at radius 2 is 1.17 bits per heavy atom. The summed E-state index contributed by atoms with van der Waals surface area (Å²) in [6.07, 6.45) is 18.5. The van der Waals surface area contributed by atoms with E-state index in [1.807, 2.05) is 0 Å². The molecule has 0 radical (unpaired) electrons. The molecule has 2 aliphatic carbocycles. The van der Waals surface area contributed by atoms with Crippen molar-refractivity contribution in [3.63, 3.8) is 0 Å². The summed E-state index contributed by atoms with van der Waals surface area (Å²) in [5.74, 6) is 1.86. The average Bonchev–Trinajstić information content (AvgIpc) is 3.13. The van der Waals surface area contributed by atoms with Crippen molar-refractivity contribution >= 4 is 5.78 Å². The minimum Gasteiger partial charge on any atom is -0.299 e. The second-order valence-electron chi connectivity index (χ2n) is 6.50. The molecular weight excluding hydrogens is 220 g/mol. The lowest BCUT2D eigenvalue weighted by atomic mass is 10.0. The van der Waals surface area contributed by atoms with Gasteiger partial charge in [-0.05, 0) is 25.2 Å². The van der Waals surface area contributed by atoms with E-state index < -0.39 is 0 Å². The number of carbonyl (C=O) groups excluding carboxylic acids is 1. The largest absolute Gasteiger partial charge is 0.299 e. The molecule has 0 aliphatic heterocycles. The van der Waals surface area contributed by atoms with E-state index in [1.165, 1.54) is 77.0 Å². The predicted molar refractivity (Wildman–Crippen MR) is 76.6 cm³/mol. The van der Waals surface area contributed by atoms with Crippen molar-refractivity contribution in [1.82, 2.24) is 0 Å². The molecule has 0 saturated heterocycles. The molecule has 104 valence electrons. The van der Waals surface area contributed by atoms with Gasteiger partial charge in [0.1, 0.15) is 5.78 Å². The molecule has 0 aromatic heterocycles. The molecule has 0 amide bonds. The summed E-state index contributed by atoms with van der Waals surface area (Å²) >= 11 is 0. The number of Topliss-reactive ketones (excluding diaryl/α,β-unsaturated/α-hetero) is 1. The molecule has 1 heteroatoms. The van der Waals surface area contributed by atoms with E-state index in [-0.39, 0.29) is 0 Å². The van der Waals surface area contributed by atoms with Crippen LogP contribution in [-0.4, -0.2) is 5.78 Å². The Hall–Kier alpha value is -0.330. The SMILES string of the molecule is O=C1CCCCCCCCCCCCC[C@@H]2C[C@@H]12. The van der Waals surface area contributed by atoms with Gasteiger partial charge in [-0.2, -0.15) is 0 Å². The highest BCUT2D eigenvalue weighted by molar-refractivity contribution is 5.83. The third-order valence-corrected chi connectivity index (χ3v) is 4.83. The molecule has 0 bridgehead atoms. The molecule has 0 heterocycles. The molecule has 2 rings (SSSR count). The summed E-state index contributed by atoms with van der Waals surface area (Å²) < 4.78 is 0. The van der Waals surface area contributed by atoms with Crippen LogP contribution in [0.4, 0.5) is 0 Å². The summed E-state index contributed by atoms with van der Waals surface area (Å²) in [5.41, 5.74) is 0. The van der Waals surface area contributed by atoms with Crippen LogP contribution < -0.4 is 0 Å². The lowest BCUT2D eigenvalue weighted by Gasteiger charge is -2.05. The van der Waals surface area contributed by atoms with Gasteiger partial charge in [0.05, 0.1) is 0 Å². The van der Waals surface area contributed by atoms with Crippen molar-refractivity contribution in [3.05, 3.63) is 0 Å². The first kappa shape index (κ1) is 14.1. The fourth-order valence-corrected chi connectivity index (χ4v) is 3.44. The highest BCUT2D eigenvalue weighted by Gasteiger charge is 2.40. The minimum absolute atomic E-state index is 0.484. The minimum atomic E-state index is 0.484. The molecule has 2 fully saturated rings. The van der Waals surface area contributed by atoms with Crippen molar-refractivity contribution in [2.75, 3.05) is 0 Å². The van der Waals surface area contributed by atoms with Crippen LogP contribution in [0.3, 0.4) is 0 Å². The molecule has 0 N–H and O–H groups in total. The van der Waals surface area contributed by atoms with Gasteiger partial charge < -0.3 is 0 Å². The normalized spacial score (nSPS) is 32.8. The van der Waals surface area contributed by atoms with Gasteiger partial charge in [0.15, 0.2) is 0 Å². The summed E-state index contributed by atoms with van der Waals surface area (Å²) in [6.45, 7) is 0. The topological polar surface area (TPSA) is 17.1 Å². The Kier molecular flexibility index (Phi) is 6.23. The van der Waals surface area contributed by atoms with Gasteiger partial charge in [-0.1, -0.05) is 64.2 Å². The molecule has 0 unspecified atom stereocenters. The summed E-state index contributed by atoms with van der Waals surface area (Å²) in [6, 6.07) is 0. The van der Waals surface area contributed by atoms with E-state index in [0.717, 1.165) is 18.8 Å². The van der Waals surface area contributed by atoms with Crippen LogP contribution >= 0.6 is 0 Å². The third-order valence-electron chi connectivity index (χ3n) is 4.83. The van der Waals surface area contributed by atoms with Gasteiger partial charge in [-0.15, -0.1) is 0 Å². The number of hydrogen-bond acceptors (Lipinski definition) is 1. The van der Waals surface area contributed by atoms with Gasteiger partial charge in [0.2, 0.25) is 0 Å². The Morgan fingerprint density at radius 3 is 1.78 bits per heavy atom. The fraction of sp³-hybridized carbons (Fsp3) is 0.941. The Balaban J connectivity index is 1.66. The van der Waals surface area contributed by atoms with Gasteiger partial charge in [-0.3, -0.25) is 4.79 Å². The van der Waals surface area contributed by atoms with E-state index in [4.69, 9.17) is 0 Å². The molecule has 2 atom stereocenters. The molecule has 18 heavy (non-hydrogen) atoms. The number of carbonyl (C=O) groups is 1. The van der Waals surface area contributed by atoms with Crippen molar-refractivity contribution < 1.29 is 4.79 Å². The number of rotatable bonds is 0. The Bertz CT molecular complexity index is 246. The second kappa shape index (κ2) is 7.96. The lowest BCUT2D eigenvalue weighted by Crippen LogP contribution is -2.02. The Morgan fingerprint density at radius 1 is 0.667 bits per heavy atom. The number of hydrogen-bond donors (Lipinski definition) is 0. The zero-order valence-electron chi connectivity index (χ0n) is 12.0. The smallest absolute Gasteiger partial charge is 0.136 e. The molecule has 2 aliphatic rings. The second-order valence-corrected chi connectivity index (χ2v) is 6.50. The maximum Gasteiger partial charge on any atom is 0.136 e. The van der Waals surface area contributed by atoms with Crippen LogP contribution in [0.1, 0.15) is 89.9 Å². The standard InChI is InChI=1S/C17H30O/c18-17-13-11-9-7-5-3-1-2-4-6-8-10-12-15-14-16(15)17/h15-16H,1-14H2/t15-,16-/m1/s1. The van der Waals surface area contributed by atoms with E-state index in [0.29, 0.717) is 11.7 Å². The molecule has 0 aromatic carbocycles. The van der Waals surface area contributed by atoms with E-state index in [9.17, 15) is 4.79 Å². The van der Waals surface area contributed by atoms with Crippen LogP contribution in [-0.2, 0) is 4.79 Å². The van der Waals surface area contributed by atoms with Crippen molar-refractivity contribution in [2.45, 2.75) is 89.9 Å². The maximum absolute atomic E-state index is 11.9. The van der Waals surface area contributed by atoms with Crippen molar-refractivity contribution in [1.29, 1.82) is 0 Å². The predicted octanol–water partition coefficient (Wildman–Crippen LogP) is 5.28. The van der Waals surface area contributed by atoms with Gasteiger partial charge in [0.25, 0.3) is 0 Å². The van der Waals surface area contributed by atoms with Gasteiger partial charge in [-0.25, -0.2) is 0 Å². The quantitative estimate of drug-likeness (QED) is 0.572. The number of fused-ring (bicyclic) bond motifs is 1. The first-order chi connectivity index (χ1) is 8.88. The molecule has 0 spiro atoms. The van der Waals surface area contributed by atoms with E-state index in [1.54, 1.807) is 0 Å². The third kappa shape index (κ3) is 5.12. The van der Waals surface area contributed by atoms with Crippen molar-refractivity contribution in [3.8, 4) is 0 Å². The number of ketones is 1. The zero-order valence-corrected chi connectivity index (χ0v) is 12.0. The summed E-state index contributed by atoms with van der Waals surface area (Å²) in [4.78, 5) is 11.9. The van der Waals surface area contributed by atoms with Crippen LogP contribution in [0.15, 0.2) is 0 Å². The van der Waals surface area contributed by atoms with Gasteiger partial charge >= 0.3 is 0 Å². The van der Waals surface area contributed by atoms with Crippen LogP contribution in [0.5, 0.6) is 0 Å². The van der Waals surface area contributed by atoms with Crippen molar-refractivity contribution in [2.24, 2.45) is 11.8 Å². The fourth-order valence-electron chi connectivity index (χ4n) is 3.44. The summed E-state index contributed by atoms with van der Waals surface area (Å²) in [7, 11) is 0. The summed E-state index contributed by atoms with van der Waals surface area (Å²) in [5, 5.41) is 0.